The molecule has 4 heteroatoms. The normalized spacial score (nSPS) is 10.6. The van der Waals surface area contributed by atoms with Crippen LogP contribution in [0.25, 0.3) is 10.8 Å². The minimum absolute atomic E-state index is 0.251. The molecule has 0 unspecified atom stereocenters. The minimum Gasteiger partial charge on any atom is -0.492 e. The number of benzene rings is 2. The first kappa shape index (κ1) is 12.7. The Morgan fingerprint density at radius 2 is 2.11 bits per heavy atom. The van der Waals surface area contributed by atoms with Crippen LogP contribution in [0.3, 0.4) is 0 Å². The highest BCUT2D eigenvalue weighted by Gasteiger charge is 2.09. The van der Waals surface area contributed by atoms with Gasteiger partial charge in [-0.3, -0.25) is 0 Å². The quantitative estimate of drug-likeness (QED) is 0.908. The van der Waals surface area contributed by atoms with Gasteiger partial charge in [0.2, 0.25) is 0 Å². The Morgan fingerprint density at radius 3 is 2.78 bits per heavy atom. The molecular weight excluding hydrogens is 252 g/mol. The topological polar surface area (TPSA) is 46.5 Å². The van der Waals surface area contributed by atoms with E-state index in [4.69, 9.17) is 21.4 Å². The number of hydrogen-bond donors (Lipinski definition) is 1. The van der Waals surface area contributed by atoms with Crippen molar-refractivity contribution < 1.29 is 14.6 Å². The summed E-state index contributed by atoms with van der Waals surface area (Å²) < 4.78 is 5.52. The van der Waals surface area contributed by atoms with Crippen molar-refractivity contribution in [2.75, 3.05) is 6.61 Å². The summed E-state index contributed by atoms with van der Waals surface area (Å²) in [6.45, 7) is 2.63. The Labute approximate surface area is 110 Å². The van der Waals surface area contributed by atoms with Crippen molar-refractivity contribution in [2.45, 2.75) is 13.3 Å². The third kappa shape index (κ3) is 2.41. The smallest absolute Gasteiger partial charge is 0.335 e. The van der Waals surface area contributed by atoms with E-state index in [0.29, 0.717) is 17.4 Å². The van der Waals surface area contributed by atoms with Gasteiger partial charge in [0.15, 0.2) is 0 Å². The summed E-state index contributed by atoms with van der Waals surface area (Å²) >= 11 is 6.24. The van der Waals surface area contributed by atoms with E-state index < -0.39 is 5.97 Å². The molecule has 0 spiro atoms. The molecule has 2 aromatic carbocycles. The lowest BCUT2D eigenvalue weighted by molar-refractivity contribution is 0.0697. The highest BCUT2D eigenvalue weighted by molar-refractivity contribution is 6.37. The standard InChI is InChI=1S/C14H13ClO3/c1-2-7-18-12-6-4-9-8-10(14(16)17)3-5-11(9)13(12)15/h3-6,8H,2,7H2,1H3,(H,16,17). The van der Waals surface area contributed by atoms with Crippen molar-refractivity contribution in [3.8, 4) is 5.75 Å². The predicted octanol–water partition coefficient (Wildman–Crippen LogP) is 3.98. The minimum atomic E-state index is -0.945. The van der Waals surface area contributed by atoms with Gasteiger partial charge in [-0.2, -0.15) is 0 Å². The van der Waals surface area contributed by atoms with E-state index in [1.165, 1.54) is 0 Å². The van der Waals surface area contributed by atoms with Crippen LogP contribution < -0.4 is 4.74 Å². The average Bonchev–Trinajstić information content (AvgIpc) is 2.37. The number of halogens is 1. The molecule has 2 rings (SSSR count). The molecule has 0 heterocycles. The van der Waals surface area contributed by atoms with Crippen molar-refractivity contribution in [2.24, 2.45) is 0 Å². The van der Waals surface area contributed by atoms with Crippen LogP contribution in [0, 0.1) is 0 Å². The highest BCUT2D eigenvalue weighted by Crippen LogP contribution is 2.33. The molecule has 0 aromatic heterocycles. The second-order valence-electron chi connectivity index (χ2n) is 3.97. The van der Waals surface area contributed by atoms with Gasteiger partial charge in [-0.15, -0.1) is 0 Å². The number of hydrogen-bond acceptors (Lipinski definition) is 2. The first-order valence-electron chi connectivity index (χ1n) is 5.72. The first-order chi connectivity index (χ1) is 8.63. The Hall–Kier alpha value is -1.74. The molecule has 2 aromatic rings. The summed E-state index contributed by atoms with van der Waals surface area (Å²) in [5.74, 6) is -0.312. The molecule has 0 aliphatic carbocycles. The van der Waals surface area contributed by atoms with Crippen LogP contribution in [0.4, 0.5) is 0 Å². The van der Waals surface area contributed by atoms with Crippen LogP contribution >= 0.6 is 11.6 Å². The fourth-order valence-corrected chi connectivity index (χ4v) is 2.02. The zero-order chi connectivity index (χ0) is 13.1. The SMILES string of the molecule is CCCOc1ccc2cc(C(=O)O)ccc2c1Cl. The molecular formula is C14H13ClO3. The average molecular weight is 265 g/mol. The molecule has 94 valence electrons. The number of fused-ring (bicyclic) bond motifs is 1. The lowest BCUT2D eigenvalue weighted by atomic mass is 10.1. The number of aromatic carboxylic acids is 1. The third-order valence-corrected chi connectivity index (χ3v) is 3.02. The summed E-state index contributed by atoms with van der Waals surface area (Å²) in [5, 5.41) is 11.0. The summed E-state index contributed by atoms with van der Waals surface area (Å²) in [7, 11) is 0. The van der Waals surface area contributed by atoms with Crippen LogP contribution in [0.2, 0.25) is 5.02 Å². The van der Waals surface area contributed by atoms with Crippen LogP contribution in [0.1, 0.15) is 23.7 Å². The number of ether oxygens (including phenoxy) is 1. The molecule has 3 nitrogen and oxygen atoms in total. The van der Waals surface area contributed by atoms with E-state index >= 15 is 0 Å². The van der Waals surface area contributed by atoms with Gasteiger partial charge in [-0.05, 0) is 30.0 Å². The largest absolute Gasteiger partial charge is 0.492 e. The Kier molecular flexibility index (Phi) is 3.72. The lowest BCUT2D eigenvalue weighted by Crippen LogP contribution is -1.97. The van der Waals surface area contributed by atoms with Crippen molar-refractivity contribution in [1.82, 2.24) is 0 Å². The van der Waals surface area contributed by atoms with Crippen LogP contribution in [-0.2, 0) is 0 Å². The van der Waals surface area contributed by atoms with E-state index in [0.717, 1.165) is 17.2 Å². The van der Waals surface area contributed by atoms with E-state index in [1.54, 1.807) is 24.3 Å². The molecule has 0 aliphatic rings. The summed E-state index contributed by atoms with van der Waals surface area (Å²) in [6.07, 6.45) is 0.909. The van der Waals surface area contributed by atoms with E-state index in [2.05, 4.69) is 0 Å². The summed E-state index contributed by atoms with van der Waals surface area (Å²) in [5.41, 5.74) is 0.251. The van der Waals surface area contributed by atoms with Crippen molar-refractivity contribution in [3.63, 3.8) is 0 Å². The van der Waals surface area contributed by atoms with Gasteiger partial charge < -0.3 is 9.84 Å². The fourth-order valence-electron chi connectivity index (χ4n) is 1.73. The molecule has 0 bridgehead atoms. The lowest BCUT2D eigenvalue weighted by Gasteiger charge is -2.09. The number of carboxylic acid groups (broad SMARTS) is 1. The summed E-state index contributed by atoms with van der Waals surface area (Å²) in [4.78, 5) is 10.9. The maximum absolute atomic E-state index is 10.9. The molecule has 0 atom stereocenters. The molecule has 0 saturated carbocycles. The second kappa shape index (κ2) is 5.27. The molecule has 18 heavy (non-hydrogen) atoms. The molecule has 0 aliphatic heterocycles. The van der Waals surface area contributed by atoms with Gasteiger partial charge in [0.1, 0.15) is 5.75 Å². The van der Waals surface area contributed by atoms with Crippen molar-refractivity contribution in [1.29, 1.82) is 0 Å². The zero-order valence-electron chi connectivity index (χ0n) is 9.94. The highest BCUT2D eigenvalue weighted by atomic mass is 35.5. The monoisotopic (exact) mass is 264 g/mol. The van der Waals surface area contributed by atoms with Gasteiger partial charge in [0, 0.05) is 5.39 Å². The Bertz CT molecular complexity index is 593. The van der Waals surface area contributed by atoms with Crippen LogP contribution in [0.5, 0.6) is 5.75 Å². The van der Waals surface area contributed by atoms with E-state index in [1.807, 2.05) is 13.0 Å². The maximum Gasteiger partial charge on any atom is 0.335 e. The van der Waals surface area contributed by atoms with E-state index in [-0.39, 0.29) is 5.56 Å². The Morgan fingerprint density at radius 1 is 1.33 bits per heavy atom. The number of carboxylic acids is 1. The predicted molar refractivity (Wildman–Crippen MR) is 71.7 cm³/mol. The Balaban J connectivity index is 2.48. The number of carbonyl (C=O) groups is 1. The van der Waals surface area contributed by atoms with Crippen LogP contribution in [0.15, 0.2) is 30.3 Å². The number of rotatable bonds is 4. The van der Waals surface area contributed by atoms with Gasteiger partial charge in [-0.1, -0.05) is 30.7 Å². The fraction of sp³-hybridized carbons (Fsp3) is 0.214. The van der Waals surface area contributed by atoms with Crippen LogP contribution in [-0.4, -0.2) is 17.7 Å². The van der Waals surface area contributed by atoms with Gasteiger partial charge in [0.25, 0.3) is 0 Å². The van der Waals surface area contributed by atoms with Gasteiger partial charge in [0.05, 0.1) is 17.2 Å². The zero-order valence-corrected chi connectivity index (χ0v) is 10.7. The molecule has 0 saturated heterocycles. The molecule has 0 fully saturated rings. The summed E-state index contributed by atoms with van der Waals surface area (Å²) in [6, 6.07) is 8.44. The van der Waals surface area contributed by atoms with Crippen molar-refractivity contribution in [3.05, 3.63) is 40.9 Å². The van der Waals surface area contributed by atoms with Crippen molar-refractivity contribution >= 4 is 28.3 Å². The van der Waals surface area contributed by atoms with Gasteiger partial charge >= 0.3 is 5.97 Å². The maximum atomic E-state index is 10.9. The third-order valence-electron chi connectivity index (χ3n) is 2.63. The second-order valence-corrected chi connectivity index (χ2v) is 4.35. The van der Waals surface area contributed by atoms with E-state index in [9.17, 15) is 4.79 Å². The van der Waals surface area contributed by atoms with Gasteiger partial charge in [-0.25, -0.2) is 4.79 Å². The molecule has 1 N–H and O–H groups in total. The first-order valence-corrected chi connectivity index (χ1v) is 6.09. The molecule has 0 radical (unpaired) electrons. The molecule has 0 amide bonds.